The normalized spacial score (nSPS) is 12.6. The van der Waals surface area contributed by atoms with Crippen LogP contribution in [0.4, 0.5) is 0 Å². The van der Waals surface area contributed by atoms with Crippen molar-refractivity contribution in [3.05, 3.63) is 12.2 Å². The number of unbranched alkanes of at least 4 members (excludes halogenated alkanes) is 2. The summed E-state index contributed by atoms with van der Waals surface area (Å²) in [6.45, 7) is 4.17. The smallest absolute Gasteiger partial charge is 0.334 e. The molecule has 0 heterocycles. The van der Waals surface area contributed by atoms with E-state index in [-0.39, 0.29) is 0 Å². The van der Waals surface area contributed by atoms with Gasteiger partial charge in [-0.15, -0.1) is 0 Å². The molecule has 0 aliphatic heterocycles. The van der Waals surface area contributed by atoms with Gasteiger partial charge in [-0.25, -0.2) is 0 Å². The fourth-order valence-electron chi connectivity index (χ4n) is 1.16. The van der Waals surface area contributed by atoms with Crippen LogP contribution in [0.5, 0.6) is 0 Å². The molecule has 0 unspecified atom stereocenters. The molecule has 0 N–H and O–H groups in total. The first-order valence-corrected chi connectivity index (χ1v) is 7.42. The Morgan fingerprint density at radius 1 is 1.15 bits per heavy atom. The Balaban J connectivity index is 3.49. The number of allylic oxidation sites excluding steroid dienone is 2. The van der Waals surface area contributed by atoms with E-state index in [0.717, 1.165) is 6.04 Å². The van der Waals surface area contributed by atoms with Gasteiger partial charge >= 0.3 is 8.56 Å². The molecule has 13 heavy (non-hydrogen) atoms. The lowest BCUT2D eigenvalue weighted by molar-refractivity contribution is 0.248. The molecule has 0 spiro atoms. The summed E-state index contributed by atoms with van der Waals surface area (Å²) in [5.41, 5.74) is 0. The van der Waals surface area contributed by atoms with Crippen LogP contribution in [-0.2, 0) is 8.85 Å². The summed E-state index contributed by atoms with van der Waals surface area (Å²) < 4.78 is 10.8. The summed E-state index contributed by atoms with van der Waals surface area (Å²) in [6.07, 6.45) is 7.92. The monoisotopic (exact) mass is 202 g/mol. The van der Waals surface area contributed by atoms with Crippen molar-refractivity contribution in [2.45, 2.75) is 38.8 Å². The zero-order chi connectivity index (χ0) is 10.2. The van der Waals surface area contributed by atoms with E-state index in [2.05, 4.69) is 25.6 Å². The van der Waals surface area contributed by atoms with Gasteiger partial charge in [0, 0.05) is 14.2 Å². The highest BCUT2D eigenvalue weighted by Crippen LogP contribution is 2.15. The van der Waals surface area contributed by atoms with Crippen LogP contribution in [0, 0.1) is 0 Å². The Morgan fingerprint density at radius 3 is 2.23 bits per heavy atom. The minimum absolute atomic E-state index is 1.09. The molecule has 0 aromatic heterocycles. The van der Waals surface area contributed by atoms with Crippen LogP contribution < -0.4 is 0 Å². The number of rotatable bonds is 7. The molecule has 0 saturated carbocycles. The van der Waals surface area contributed by atoms with E-state index < -0.39 is 8.56 Å². The van der Waals surface area contributed by atoms with E-state index in [1.807, 2.05) is 0 Å². The molecule has 0 aliphatic rings. The molecule has 0 aromatic rings. The summed E-state index contributed by atoms with van der Waals surface area (Å²) in [6, 6.07) is 1.09. The van der Waals surface area contributed by atoms with Gasteiger partial charge in [-0.2, -0.15) is 0 Å². The maximum Gasteiger partial charge on any atom is 0.334 e. The molecule has 0 radical (unpaired) electrons. The van der Waals surface area contributed by atoms with Crippen molar-refractivity contribution in [3.8, 4) is 0 Å². The number of hydrogen-bond donors (Lipinski definition) is 0. The van der Waals surface area contributed by atoms with Gasteiger partial charge < -0.3 is 8.85 Å². The van der Waals surface area contributed by atoms with E-state index in [1.54, 1.807) is 14.2 Å². The minimum Gasteiger partial charge on any atom is -0.398 e. The van der Waals surface area contributed by atoms with Crippen molar-refractivity contribution in [2.24, 2.45) is 0 Å². The van der Waals surface area contributed by atoms with Crippen LogP contribution in [0.15, 0.2) is 12.2 Å². The molecule has 0 fully saturated rings. The second kappa shape index (κ2) is 7.30. The van der Waals surface area contributed by atoms with E-state index in [0.29, 0.717) is 0 Å². The van der Waals surface area contributed by atoms with Crippen molar-refractivity contribution < 1.29 is 8.85 Å². The lowest BCUT2D eigenvalue weighted by Crippen LogP contribution is -2.35. The Kier molecular flexibility index (Phi) is 7.23. The van der Waals surface area contributed by atoms with Gasteiger partial charge in [0.25, 0.3) is 0 Å². The maximum absolute atomic E-state index is 5.39. The van der Waals surface area contributed by atoms with E-state index >= 15 is 0 Å². The predicted octanol–water partition coefficient (Wildman–Crippen LogP) is 3.10. The van der Waals surface area contributed by atoms with Crippen LogP contribution in [0.3, 0.4) is 0 Å². The average Bonchev–Trinajstić information content (AvgIpc) is 2.17. The second-order valence-corrected chi connectivity index (χ2v) is 6.94. The molecule has 78 valence electrons. The number of hydrogen-bond acceptors (Lipinski definition) is 2. The predicted molar refractivity (Wildman–Crippen MR) is 59.1 cm³/mol. The second-order valence-electron chi connectivity index (χ2n) is 3.36. The molecule has 2 nitrogen and oxygen atoms in total. The summed E-state index contributed by atoms with van der Waals surface area (Å²) in [5.74, 6) is 0. The van der Waals surface area contributed by atoms with Gasteiger partial charge in [-0.05, 0) is 32.4 Å². The average molecular weight is 202 g/mol. The van der Waals surface area contributed by atoms with Crippen molar-refractivity contribution in [3.63, 3.8) is 0 Å². The lowest BCUT2D eigenvalue weighted by atomic mass is 10.2. The third-order valence-corrected chi connectivity index (χ3v) is 5.34. The molecular formula is C10H22O2Si. The van der Waals surface area contributed by atoms with E-state index in [9.17, 15) is 0 Å². The summed E-state index contributed by atoms with van der Waals surface area (Å²) >= 11 is 0. The fraction of sp³-hybridized carbons (Fsp3) is 0.800. The minimum atomic E-state index is -1.78. The van der Waals surface area contributed by atoms with Crippen LogP contribution in [-0.4, -0.2) is 22.8 Å². The Hall–Kier alpha value is -0.123. The molecule has 0 aliphatic carbocycles. The zero-order valence-corrected chi connectivity index (χ0v) is 10.3. The van der Waals surface area contributed by atoms with Gasteiger partial charge in [-0.1, -0.05) is 18.6 Å². The fourth-order valence-corrected chi connectivity index (χ4v) is 2.63. The molecular weight excluding hydrogens is 180 g/mol. The van der Waals surface area contributed by atoms with Crippen molar-refractivity contribution in [1.82, 2.24) is 0 Å². The first kappa shape index (κ1) is 12.9. The van der Waals surface area contributed by atoms with E-state index in [1.165, 1.54) is 19.3 Å². The molecule has 0 rings (SSSR count). The summed E-state index contributed by atoms with van der Waals surface area (Å²) in [4.78, 5) is 0. The van der Waals surface area contributed by atoms with Crippen LogP contribution in [0.1, 0.15) is 26.2 Å². The standard InChI is InChI=1S/C10H22O2Si/c1-5-6-7-8-9-10-13(4,11-2)12-3/h5-6H,7-10H2,1-4H3. The van der Waals surface area contributed by atoms with Gasteiger partial charge in [-0.3, -0.25) is 0 Å². The van der Waals surface area contributed by atoms with Gasteiger partial charge in [0.05, 0.1) is 0 Å². The summed E-state index contributed by atoms with van der Waals surface area (Å²) in [7, 11) is 1.72. The van der Waals surface area contributed by atoms with Gasteiger partial charge in [0.15, 0.2) is 0 Å². The SMILES string of the molecule is CC=CCCCC[Si](C)(OC)OC. The van der Waals surface area contributed by atoms with Crippen LogP contribution >= 0.6 is 0 Å². The van der Waals surface area contributed by atoms with Gasteiger partial charge in [0.1, 0.15) is 0 Å². The molecule has 0 bridgehead atoms. The first-order valence-electron chi connectivity index (χ1n) is 4.90. The molecule has 0 aromatic carbocycles. The molecule has 0 atom stereocenters. The summed E-state index contributed by atoms with van der Waals surface area (Å²) in [5, 5.41) is 0. The first-order chi connectivity index (χ1) is 6.18. The Morgan fingerprint density at radius 2 is 1.77 bits per heavy atom. The highest BCUT2D eigenvalue weighted by Gasteiger charge is 2.27. The van der Waals surface area contributed by atoms with E-state index in [4.69, 9.17) is 8.85 Å². The van der Waals surface area contributed by atoms with Crippen molar-refractivity contribution >= 4 is 8.56 Å². The molecule has 3 heteroatoms. The quantitative estimate of drug-likeness (QED) is 0.359. The highest BCUT2D eigenvalue weighted by atomic mass is 28.4. The highest BCUT2D eigenvalue weighted by molar-refractivity contribution is 6.65. The zero-order valence-electron chi connectivity index (χ0n) is 9.30. The van der Waals surface area contributed by atoms with Crippen LogP contribution in [0.25, 0.3) is 0 Å². The topological polar surface area (TPSA) is 18.5 Å². The van der Waals surface area contributed by atoms with Crippen molar-refractivity contribution in [2.75, 3.05) is 14.2 Å². The molecule has 0 saturated heterocycles. The maximum atomic E-state index is 5.39. The largest absolute Gasteiger partial charge is 0.398 e. The lowest BCUT2D eigenvalue weighted by Gasteiger charge is -2.22. The van der Waals surface area contributed by atoms with Crippen molar-refractivity contribution in [1.29, 1.82) is 0 Å². The Labute approximate surface area is 83.2 Å². The third-order valence-electron chi connectivity index (χ3n) is 2.35. The molecule has 0 amide bonds. The van der Waals surface area contributed by atoms with Gasteiger partial charge in [0.2, 0.25) is 0 Å². The third kappa shape index (κ3) is 6.02. The Bertz CT molecular complexity index is 142. The van der Waals surface area contributed by atoms with Crippen LogP contribution in [0.2, 0.25) is 12.6 Å².